The molecule has 0 atom stereocenters. The van der Waals surface area contributed by atoms with Crippen LogP contribution in [0.1, 0.15) is 5.56 Å². The van der Waals surface area contributed by atoms with Gasteiger partial charge in [0.1, 0.15) is 0 Å². The molecule has 1 N–H and O–H groups in total. The molecule has 8 heteroatoms. The first-order chi connectivity index (χ1) is 12.5. The van der Waals surface area contributed by atoms with Gasteiger partial charge in [0, 0.05) is 55.6 Å². The fourth-order valence-corrected chi connectivity index (χ4v) is 3.28. The van der Waals surface area contributed by atoms with E-state index in [9.17, 15) is 10.1 Å². The number of nitrogens with one attached hydrogen (secondary N) is 1. The molecule has 1 fully saturated rings. The third-order valence-electron chi connectivity index (χ3n) is 4.29. The van der Waals surface area contributed by atoms with Gasteiger partial charge in [0.15, 0.2) is 5.11 Å². The number of hydrogen-bond acceptors (Lipinski definition) is 4. The highest BCUT2D eigenvalue weighted by molar-refractivity contribution is 7.80. The van der Waals surface area contributed by atoms with Crippen molar-refractivity contribution >= 4 is 40.3 Å². The van der Waals surface area contributed by atoms with E-state index < -0.39 is 4.92 Å². The van der Waals surface area contributed by atoms with Gasteiger partial charge in [0.2, 0.25) is 0 Å². The van der Waals surface area contributed by atoms with Crippen LogP contribution in [0.3, 0.4) is 0 Å². The Labute approximate surface area is 162 Å². The van der Waals surface area contributed by atoms with E-state index in [1.54, 1.807) is 12.1 Å². The molecule has 0 spiro atoms. The minimum absolute atomic E-state index is 0.0468. The van der Waals surface area contributed by atoms with Gasteiger partial charge in [0.05, 0.1) is 4.92 Å². The van der Waals surface area contributed by atoms with Crippen molar-refractivity contribution in [1.82, 2.24) is 9.80 Å². The van der Waals surface area contributed by atoms with Crippen LogP contribution in [0.4, 0.5) is 11.4 Å². The summed E-state index contributed by atoms with van der Waals surface area (Å²) >= 11 is 11.4. The number of nitro groups is 1. The molecule has 6 nitrogen and oxygen atoms in total. The lowest BCUT2D eigenvalue weighted by molar-refractivity contribution is -0.384. The number of nitrogens with zero attached hydrogens (tertiary/aromatic N) is 3. The highest BCUT2D eigenvalue weighted by Gasteiger charge is 2.19. The maximum atomic E-state index is 10.9. The molecule has 0 aliphatic carbocycles. The van der Waals surface area contributed by atoms with E-state index in [4.69, 9.17) is 23.8 Å². The molecule has 2 aromatic carbocycles. The zero-order chi connectivity index (χ0) is 18.5. The summed E-state index contributed by atoms with van der Waals surface area (Å²) in [4.78, 5) is 14.9. The fourth-order valence-electron chi connectivity index (χ4n) is 2.86. The third-order valence-corrected chi connectivity index (χ3v) is 4.90. The van der Waals surface area contributed by atoms with Gasteiger partial charge < -0.3 is 10.2 Å². The summed E-state index contributed by atoms with van der Waals surface area (Å²) in [5.41, 5.74) is 1.92. The van der Waals surface area contributed by atoms with Gasteiger partial charge in [-0.25, -0.2) is 0 Å². The molecule has 0 saturated carbocycles. The predicted octanol–water partition coefficient (Wildman–Crippen LogP) is 3.76. The minimum Gasteiger partial charge on any atom is -0.346 e. The molecule has 26 heavy (non-hydrogen) atoms. The van der Waals surface area contributed by atoms with Gasteiger partial charge in [0.25, 0.3) is 5.69 Å². The van der Waals surface area contributed by atoms with Crippen LogP contribution in [0.25, 0.3) is 0 Å². The number of rotatable bonds is 4. The molecule has 0 bridgehead atoms. The van der Waals surface area contributed by atoms with Gasteiger partial charge in [-0.05, 0) is 36.0 Å². The van der Waals surface area contributed by atoms with Crippen LogP contribution < -0.4 is 5.32 Å². The van der Waals surface area contributed by atoms with Gasteiger partial charge >= 0.3 is 0 Å². The zero-order valence-electron chi connectivity index (χ0n) is 14.1. The average Bonchev–Trinajstić information content (AvgIpc) is 2.64. The first-order valence-corrected chi connectivity index (χ1v) is 9.07. The Balaban J connectivity index is 1.51. The van der Waals surface area contributed by atoms with Crippen molar-refractivity contribution in [2.24, 2.45) is 0 Å². The minimum atomic E-state index is -0.413. The number of halogens is 1. The molecular formula is C18H19ClN4O2S. The number of benzene rings is 2. The molecule has 0 radical (unpaired) electrons. The SMILES string of the molecule is O=[N+]([O-])c1cccc(NC(=S)N2CCN(Cc3ccc(Cl)cc3)CC2)c1. The number of thiocarbonyl (C=S) groups is 1. The Morgan fingerprint density at radius 1 is 1.15 bits per heavy atom. The number of hydrogen-bond donors (Lipinski definition) is 1. The van der Waals surface area contributed by atoms with Crippen LogP contribution in [0.2, 0.25) is 5.02 Å². The second-order valence-corrected chi connectivity index (χ2v) is 6.95. The fraction of sp³-hybridized carbons (Fsp3) is 0.278. The van der Waals surface area contributed by atoms with Crippen molar-refractivity contribution in [2.75, 3.05) is 31.5 Å². The van der Waals surface area contributed by atoms with Crippen LogP contribution >= 0.6 is 23.8 Å². The van der Waals surface area contributed by atoms with Crippen molar-refractivity contribution in [3.05, 3.63) is 69.2 Å². The van der Waals surface area contributed by atoms with E-state index in [1.807, 2.05) is 24.3 Å². The summed E-state index contributed by atoms with van der Waals surface area (Å²) < 4.78 is 0. The molecular weight excluding hydrogens is 372 g/mol. The van der Waals surface area contributed by atoms with E-state index in [-0.39, 0.29) is 5.69 Å². The molecule has 0 aromatic heterocycles. The second-order valence-electron chi connectivity index (χ2n) is 6.13. The lowest BCUT2D eigenvalue weighted by atomic mass is 10.2. The second kappa shape index (κ2) is 8.44. The van der Waals surface area contributed by atoms with Gasteiger partial charge in [-0.2, -0.15) is 0 Å². The smallest absolute Gasteiger partial charge is 0.271 e. The summed E-state index contributed by atoms with van der Waals surface area (Å²) in [5, 5.41) is 15.3. The van der Waals surface area contributed by atoms with Gasteiger partial charge in [-0.1, -0.05) is 29.8 Å². The standard InChI is InChI=1S/C18H19ClN4O2S/c19-15-6-4-14(5-7-15)13-21-8-10-22(11-9-21)18(26)20-16-2-1-3-17(12-16)23(24)25/h1-7,12H,8-11,13H2,(H,20,26). The largest absolute Gasteiger partial charge is 0.346 e. The quantitative estimate of drug-likeness (QED) is 0.487. The lowest BCUT2D eigenvalue weighted by Crippen LogP contribution is -2.49. The van der Waals surface area contributed by atoms with Crippen LogP contribution in [0, 0.1) is 10.1 Å². The van der Waals surface area contributed by atoms with Crippen molar-refractivity contribution in [2.45, 2.75) is 6.54 Å². The zero-order valence-corrected chi connectivity index (χ0v) is 15.7. The molecule has 136 valence electrons. The number of nitro benzene ring substituents is 1. The summed E-state index contributed by atoms with van der Waals surface area (Å²) in [7, 11) is 0. The highest BCUT2D eigenvalue weighted by Crippen LogP contribution is 2.18. The number of anilines is 1. The molecule has 2 aromatic rings. The Bertz CT molecular complexity index is 792. The van der Waals surface area contributed by atoms with E-state index in [2.05, 4.69) is 15.1 Å². The van der Waals surface area contributed by atoms with Crippen LogP contribution in [0.15, 0.2) is 48.5 Å². The monoisotopic (exact) mass is 390 g/mol. The first kappa shape index (κ1) is 18.6. The normalized spacial score (nSPS) is 14.9. The van der Waals surface area contributed by atoms with E-state index in [1.165, 1.54) is 17.7 Å². The van der Waals surface area contributed by atoms with Crippen molar-refractivity contribution < 1.29 is 4.92 Å². The van der Waals surface area contributed by atoms with E-state index >= 15 is 0 Å². The molecule has 3 rings (SSSR count). The highest BCUT2D eigenvalue weighted by atomic mass is 35.5. The Morgan fingerprint density at radius 2 is 1.85 bits per heavy atom. The van der Waals surface area contributed by atoms with Crippen molar-refractivity contribution in [3.8, 4) is 0 Å². The van der Waals surface area contributed by atoms with E-state index in [0.29, 0.717) is 10.8 Å². The van der Waals surface area contributed by atoms with Crippen LogP contribution in [-0.4, -0.2) is 46.0 Å². The topological polar surface area (TPSA) is 61.7 Å². The van der Waals surface area contributed by atoms with Crippen LogP contribution in [-0.2, 0) is 6.54 Å². The molecule has 1 saturated heterocycles. The van der Waals surface area contributed by atoms with Gasteiger partial charge in [-0.15, -0.1) is 0 Å². The maximum absolute atomic E-state index is 10.9. The number of non-ortho nitro benzene ring substituents is 1. The summed E-state index contributed by atoms with van der Waals surface area (Å²) in [6.45, 7) is 4.32. The average molecular weight is 391 g/mol. The van der Waals surface area contributed by atoms with Gasteiger partial charge in [-0.3, -0.25) is 15.0 Å². The summed E-state index contributed by atoms with van der Waals surface area (Å²) in [6.07, 6.45) is 0. The molecule has 0 unspecified atom stereocenters. The number of piperazine rings is 1. The van der Waals surface area contributed by atoms with Crippen LogP contribution in [0.5, 0.6) is 0 Å². The summed E-state index contributed by atoms with van der Waals surface area (Å²) in [6, 6.07) is 14.3. The third kappa shape index (κ3) is 4.91. The Morgan fingerprint density at radius 3 is 2.50 bits per heavy atom. The molecule has 1 aliphatic rings. The molecule has 0 amide bonds. The summed E-state index contributed by atoms with van der Waals surface area (Å²) in [5.74, 6) is 0. The lowest BCUT2D eigenvalue weighted by Gasteiger charge is -2.36. The molecule has 1 aliphatic heterocycles. The first-order valence-electron chi connectivity index (χ1n) is 8.28. The maximum Gasteiger partial charge on any atom is 0.271 e. The molecule has 1 heterocycles. The Kier molecular flexibility index (Phi) is 6.03. The van der Waals surface area contributed by atoms with Crippen molar-refractivity contribution in [3.63, 3.8) is 0 Å². The predicted molar refractivity (Wildman–Crippen MR) is 108 cm³/mol. The van der Waals surface area contributed by atoms with E-state index in [0.717, 1.165) is 37.7 Å². The Hall–Kier alpha value is -2.22. The van der Waals surface area contributed by atoms with Crippen molar-refractivity contribution in [1.29, 1.82) is 0 Å².